The molecule has 5 N–H and O–H groups in total. The van der Waals surface area contributed by atoms with Gasteiger partial charge in [0.1, 0.15) is 5.75 Å². The molecule has 33 heavy (non-hydrogen) atoms. The third-order valence-corrected chi connectivity index (χ3v) is 6.01. The van der Waals surface area contributed by atoms with Crippen LogP contribution in [0.2, 0.25) is 0 Å². The molecular formula is C23H23F3N2O5. The van der Waals surface area contributed by atoms with Gasteiger partial charge in [-0.3, -0.25) is 14.4 Å². The number of carboxylic acid groups (broad SMARTS) is 1. The summed E-state index contributed by atoms with van der Waals surface area (Å²) >= 11 is 0. The van der Waals surface area contributed by atoms with E-state index in [-0.39, 0.29) is 31.2 Å². The number of benzene rings is 2. The standard InChI is InChI=1S/C23H23F3N2O5/c1-33-18-5-2-12(9-19(27)29)8-16(18)15-4-3-14(23(24,25)26)10-13(15)11-17(20(28)30)22(6-7-22)21(31)32/h2-5,8,10,17H,6-7,9,11H2,1H3,(H2,27,29)(H2,28,30)(H,31,32). The first-order chi connectivity index (χ1) is 15.4. The second-order valence-electron chi connectivity index (χ2n) is 8.17. The van der Waals surface area contributed by atoms with Gasteiger partial charge in [0.15, 0.2) is 0 Å². The minimum atomic E-state index is -4.66. The maximum Gasteiger partial charge on any atom is 0.416 e. The van der Waals surface area contributed by atoms with Crippen molar-refractivity contribution in [2.24, 2.45) is 22.8 Å². The molecule has 1 aliphatic rings. The van der Waals surface area contributed by atoms with Crippen molar-refractivity contribution in [3.63, 3.8) is 0 Å². The second-order valence-corrected chi connectivity index (χ2v) is 8.17. The summed E-state index contributed by atoms with van der Waals surface area (Å²) < 4.78 is 45.7. The van der Waals surface area contributed by atoms with E-state index < -0.39 is 40.9 Å². The Hall–Kier alpha value is -3.56. The maximum absolute atomic E-state index is 13.5. The number of amides is 2. The highest BCUT2D eigenvalue weighted by molar-refractivity contribution is 5.89. The molecule has 2 aromatic carbocycles. The van der Waals surface area contributed by atoms with Gasteiger partial charge in [0.25, 0.3) is 0 Å². The van der Waals surface area contributed by atoms with E-state index >= 15 is 0 Å². The van der Waals surface area contributed by atoms with Crippen LogP contribution < -0.4 is 16.2 Å². The van der Waals surface area contributed by atoms with Gasteiger partial charge in [-0.25, -0.2) is 0 Å². The van der Waals surface area contributed by atoms with Crippen LogP contribution in [0.5, 0.6) is 5.75 Å². The van der Waals surface area contributed by atoms with Crippen molar-refractivity contribution in [3.8, 4) is 16.9 Å². The molecule has 0 bridgehead atoms. The number of carbonyl (C=O) groups excluding carboxylic acids is 2. The van der Waals surface area contributed by atoms with E-state index in [0.29, 0.717) is 22.4 Å². The average molecular weight is 464 g/mol. The van der Waals surface area contributed by atoms with Crippen LogP contribution in [0, 0.1) is 11.3 Å². The lowest BCUT2D eigenvalue weighted by Gasteiger charge is -2.23. The number of ether oxygens (including phenoxy) is 1. The molecule has 3 rings (SSSR count). The van der Waals surface area contributed by atoms with Crippen LogP contribution in [-0.4, -0.2) is 30.0 Å². The van der Waals surface area contributed by atoms with Crippen molar-refractivity contribution < 1.29 is 37.4 Å². The summed E-state index contributed by atoms with van der Waals surface area (Å²) in [5, 5.41) is 9.62. The van der Waals surface area contributed by atoms with Gasteiger partial charge >= 0.3 is 12.1 Å². The van der Waals surface area contributed by atoms with Gasteiger partial charge in [-0.1, -0.05) is 12.1 Å². The molecule has 176 valence electrons. The fourth-order valence-electron chi connectivity index (χ4n) is 4.11. The summed E-state index contributed by atoms with van der Waals surface area (Å²) in [5.41, 5.74) is 9.71. The monoisotopic (exact) mass is 464 g/mol. The number of hydrogen-bond donors (Lipinski definition) is 3. The highest BCUT2D eigenvalue weighted by Crippen LogP contribution is 2.54. The summed E-state index contributed by atoms with van der Waals surface area (Å²) in [7, 11) is 1.38. The number of rotatable bonds is 9. The quantitative estimate of drug-likeness (QED) is 0.525. The van der Waals surface area contributed by atoms with Crippen molar-refractivity contribution in [2.45, 2.75) is 31.9 Å². The number of aliphatic carboxylic acids is 1. The van der Waals surface area contributed by atoms with Gasteiger partial charge in [-0.2, -0.15) is 13.2 Å². The first-order valence-corrected chi connectivity index (χ1v) is 10.1. The molecule has 7 nitrogen and oxygen atoms in total. The van der Waals surface area contributed by atoms with Crippen molar-refractivity contribution >= 4 is 17.8 Å². The van der Waals surface area contributed by atoms with Crippen LogP contribution in [0.1, 0.15) is 29.5 Å². The lowest BCUT2D eigenvalue weighted by molar-refractivity contribution is -0.148. The minimum Gasteiger partial charge on any atom is -0.496 e. The van der Waals surface area contributed by atoms with Gasteiger partial charge in [0.2, 0.25) is 11.8 Å². The summed E-state index contributed by atoms with van der Waals surface area (Å²) in [5.74, 6) is -3.57. The highest BCUT2D eigenvalue weighted by Gasteiger charge is 2.58. The third kappa shape index (κ3) is 4.94. The molecule has 1 atom stereocenters. The largest absolute Gasteiger partial charge is 0.496 e. The molecule has 1 aliphatic carbocycles. The fraction of sp³-hybridized carbons (Fsp3) is 0.348. The average Bonchev–Trinajstić information content (AvgIpc) is 3.52. The SMILES string of the molecule is COc1ccc(CC(N)=O)cc1-c1ccc(C(F)(F)F)cc1CC(C(N)=O)C1(C(=O)O)CC1. The maximum atomic E-state index is 13.5. The van der Waals surface area contributed by atoms with E-state index in [0.717, 1.165) is 12.1 Å². The molecule has 0 radical (unpaired) electrons. The van der Waals surface area contributed by atoms with E-state index in [1.165, 1.54) is 13.2 Å². The van der Waals surface area contributed by atoms with E-state index in [4.69, 9.17) is 16.2 Å². The molecule has 2 amide bonds. The van der Waals surface area contributed by atoms with Crippen LogP contribution in [0.15, 0.2) is 36.4 Å². The minimum absolute atomic E-state index is 0.0932. The van der Waals surface area contributed by atoms with Gasteiger partial charge in [0.05, 0.1) is 30.4 Å². The zero-order valence-corrected chi connectivity index (χ0v) is 17.7. The summed E-state index contributed by atoms with van der Waals surface area (Å²) in [6.07, 6.45) is -4.64. The first-order valence-electron chi connectivity index (χ1n) is 10.1. The van der Waals surface area contributed by atoms with Crippen molar-refractivity contribution in [1.82, 2.24) is 0 Å². The van der Waals surface area contributed by atoms with E-state index in [1.54, 1.807) is 18.2 Å². The number of primary amides is 2. The van der Waals surface area contributed by atoms with Crippen molar-refractivity contribution in [3.05, 3.63) is 53.1 Å². The van der Waals surface area contributed by atoms with E-state index in [1.807, 2.05) is 0 Å². The van der Waals surface area contributed by atoms with Crippen molar-refractivity contribution in [1.29, 1.82) is 0 Å². The Morgan fingerprint density at radius 3 is 2.24 bits per heavy atom. The molecule has 10 heteroatoms. The van der Waals surface area contributed by atoms with Gasteiger partial charge in [-0.05, 0) is 60.2 Å². The number of halogens is 3. The fourth-order valence-corrected chi connectivity index (χ4v) is 4.11. The number of alkyl halides is 3. The molecule has 0 saturated heterocycles. The number of carboxylic acids is 1. The van der Waals surface area contributed by atoms with Gasteiger partial charge < -0.3 is 21.3 Å². The Balaban J connectivity index is 2.18. The Labute approximate surface area is 187 Å². The Morgan fingerprint density at radius 1 is 1.09 bits per heavy atom. The molecule has 0 heterocycles. The van der Waals surface area contributed by atoms with Crippen LogP contribution in [0.4, 0.5) is 13.2 Å². The molecule has 0 aliphatic heterocycles. The zero-order valence-electron chi connectivity index (χ0n) is 17.7. The van der Waals surface area contributed by atoms with Crippen molar-refractivity contribution in [2.75, 3.05) is 7.11 Å². The van der Waals surface area contributed by atoms with Gasteiger partial charge in [0, 0.05) is 5.56 Å². The topological polar surface area (TPSA) is 133 Å². The van der Waals surface area contributed by atoms with Gasteiger partial charge in [-0.15, -0.1) is 0 Å². The van der Waals surface area contributed by atoms with E-state index in [9.17, 15) is 32.7 Å². The predicted octanol–water partition coefficient (Wildman–Crippen LogP) is 2.92. The number of hydrogen-bond acceptors (Lipinski definition) is 4. The first kappa shape index (κ1) is 24.1. The Bertz CT molecular complexity index is 1110. The molecule has 1 saturated carbocycles. The third-order valence-electron chi connectivity index (χ3n) is 6.01. The lowest BCUT2D eigenvalue weighted by Crippen LogP contribution is -2.37. The number of nitrogens with two attached hydrogens (primary N) is 2. The van der Waals surface area contributed by atoms with E-state index in [2.05, 4.69) is 0 Å². The zero-order chi connectivity index (χ0) is 24.6. The highest BCUT2D eigenvalue weighted by atomic mass is 19.4. The van der Waals surface area contributed by atoms with Crippen LogP contribution in [-0.2, 0) is 33.4 Å². The lowest BCUT2D eigenvalue weighted by atomic mass is 9.81. The molecule has 1 unspecified atom stereocenters. The second kappa shape index (κ2) is 8.76. The number of methoxy groups -OCH3 is 1. The molecule has 1 fully saturated rings. The number of carbonyl (C=O) groups is 3. The summed E-state index contributed by atoms with van der Waals surface area (Å²) in [6.45, 7) is 0. The molecule has 0 spiro atoms. The summed E-state index contributed by atoms with van der Waals surface area (Å²) in [4.78, 5) is 35.3. The normalized spacial score (nSPS) is 15.5. The smallest absolute Gasteiger partial charge is 0.416 e. The molecular weight excluding hydrogens is 441 g/mol. The summed E-state index contributed by atoms with van der Waals surface area (Å²) in [6, 6.07) is 7.75. The van der Waals surface area contributed by atoms with Crippen LogP contribution in [0.25, 0.3) is 11.1 Å². The molecule has 0 aromatic heterocycles. The van der Waals surface area contributed by atoms with Crippen LogP contribution in [0.3, 0.4) is 0 Å². The molecule has 2 aromatic rings. The Morgan fingerprint density at radius 2 is 1.76 bits per heavy atom. The Kier molecular flexibility index (Phi) is 6.40. The van der Waals surface area contributed by atoms with Crippen LogP contribution >= 0.6 is 0 Å². The predicted molar refractivity (Wildman–Crippen MR) is 112 cm³/mol.